The molecule has 0 heterocycles. The molecule has 1 aromatic rings. The van der Waals surface area contributed by atoms with Gasteiger partial charge in [0, 0.05) is 11.3 Å². The van der Waals surface area contributed by atoms with Crippen molar-refractivity contribution < 1.29 is 24.2 Å². The number of rotatable bonds is 7. The number of hydrogen-bond donors (Lipinski definition) is 4. The SMILES string of the molecule is O=C(CS)Nc1cccc(C(=O)NCC(=O)OCCO)c1. The van der Waals surface area contributed by atoms with E-state index in [0.717, 1.165) is 0 Å². The summed E-state index contributed by atoms with van der Waals surface area (Å²) in [6, 6.07) is 6.27. The summed E-state index contributed by atoms with van der Waals surface area (Å²) in [5.74, 6) is -1.37. The molecule has 114 valence electrons. The predicted octanol–water partition coefficient (Wildman–Crippen LogP) is -0.180. The molecule has 0 spiro atoms. The summed E-state index contributed by atoms with van der Waals surface area (Å²) in [6.07, 6.45) is 0. The Balaban J connectivity index is 2.56. The van der Waals surface area contributed by atoms with Crippen LogP contribution in [0.4, 0.5) is 5.69 Å². The van der Waals surface area contributed by atoms with Crippen LogP contribution in [-0.4, -0.2) is 48.4 Å². The molecule has 21 heavy (non-hydrogen) atoms. The van der Waals surface area contributed by atoms with Crippen molar-refractivity contribution in [1.82, 2.24) is 5.32 Å². The fraction of sp³-hybridized carbons (Fsp3) is 0.308. The Labute approximate surface area is 127 Å². The lowest BCUT2D eigenvalue weighted by molar-refractivity contribution is -0.143. The van der Waals surface area contributed by atoms with Crippen molar-refractivity contribution in [3.05, 3.63) is 29.8 Å². The number of ether oxygens (including phenoxy) is 1. The number of benzene rings is 1. The summed E-state index contributed by atoms with van der Waals surface area (Å²) in [7, 11) is 0. The van der Waals surface area contributed by atoms with Crippen molar-refractivity contribution in [2.24, 2.45) is 0 Å². The fourth-order valence-electron chi connectivity index (χ4n) is 1.40. The Hall–Kier alpha value is -2.06. The molecule has 0 saturated carbocycles. The van der Waals surface area contributed by atoms with Crippen LogP contribution in [0.15, 0.2) is 24.3 Å². The third-order valence-corrected chi connectivity index (χ3v) is 2.59. The smallest absolute Gasteiger partial charge is 0.325 e. The molecule has 1 rings (SSSR count). The molecular weight excluding hydrogens is 296 g/mol. The van der Waals surface area contributed by atoms with Crippen LogP contribution in [0.25, 0.3) is 0 Å². The van der Waals surface area contributed by atoms with Gasteiger partial charge in [-0.3, -0.25) is 14.4 Å². The van der Waals surface area contributed by atoms with Gasteiger partial charge in [0.2, 0.25) is 5.91 Å². The Morgan fingerprint density at radius 1 is 1.29 bits per heavy atom. The number of thiol groups is 1. The zero-order valence-corrected chi connectivity index (χ0v) is 12.1. The lowest BCUT2D eigenvalue weighted by atomic mass is 10.2. The second-order valence-electron chi connectivity index (χ2n) is 3.91. The largest absolute Gasteiger partial charge is 0.462 e. The zero-order chi connectivity index (χ0) is 15.7. The normalized spacial score (nSPS) is 9.81. The number of hydrogen-bond acceptors (Lipinski definition) is 6. The molecule has 0 aliphatic carbocycles. The van der Waals surface area contributed by atoms with Gasteiger partial charge in [0.05, 0.1) is 12.4 Å². The molecule has 1 aromatic carbocycles. The van der Waals surface area contributed by atoms with Crippen molar-refractivity contribution in [3.63, 3.8) is 0 Å². The topological polar surface area (TPSA) is 105 Å². The predicted molar refractivity (Wildman–Crippen MR) is 79.3 cm³/mol. The molecule has 0 aliphatic rings. The molecule has 0 fully saturated rings. The molecular formula is C13H16N2O5S. The highest BCUT2D eigenvalue weighted by Gasteiger charge is 2.10. The zero-order valence-electron chi connectivity index (χ0n) is 11.2. The van der Waals surface area contributed by atoms with Crippen molar-refractivity contribution in [1.29, 1.82) is 0 Å². The van der Waals surface area contributed by atoms with Gasteiger partial charge in [-0.15, -0.1) is 0 Å². The third-order valence-electron chi connectivity index (χ3n) is 2.30. The lowest BCUT2D eigenvalue weighted by Crippen LogP contribution is -2.31. The summed E-state index contributed by atoms with van der Waals surface area (Å²) in [5, 5.41) is 13.4. The van der Waals surface area contributed by atoms with Crippen molar-refractivity contribution in [2.45, 2.75) is 0 Å². The maximum absolute atomic E-state index is 11.8. The quantitative estimate of drug-likeness (QED) is 0.413. The molecule has 0 unspecified atom stereocenters. The Bertz CT molecular complexity index is 521. The summed E-state index contributed by atoms with van der Waals surface area (Å²) in [5.41, 5.74) is 0.756. The molecule has 2 amide bonds. The fourth-order valence-corrected chi connectivity index (χ4v) is 1.48. The molecule has 3 N–H and O–H groups in total. The average Bonchev–Trinajstić information content (AvgIpc) is 2.50. The first-order chi connectivity index (χ1) is 10.1. The maximum Gasteiger partial charge on any atom is 0.325 e. The molecule has 0 bridgehead atoms. The molecule has 0 atom stereocenters. The second-order valence-corrected chi connectivity index (χ2v) is 4.23. The number of anilines is 1. The first kappa shape index (κ1) is 17.0. The number of amides is 2. The van der Waals surface area contributed by atoms with E-state index < -0.39 is 11.9 Å². The second kappa shape index (κ2) is 8.98. The van der Waals surface area contributed by atoms with Crippen LogP contribution in [0.2, 0.25) is 0 Å². The van der Waals surface area contributed by atoms with Gasteiger partial charge < -0.3 is 20.5 Å². The minimum Gasteiger partial charge on any atom is -0.462 e. The summed E-state index contributed by atoms with van der Waals surface area (Å²) in [6.45, 7) is -0.682. The van der Waals surface area contributed by atoms with Gasteiger partial charge in [-0.2, -0.15) is 12.6 Å². The minimum absolute atomic E-state index is 0.0348. The molecule has 0 radical (unpaired) electrons. The van der Waals surface area contributed by atoms with Crippen LogP contribution in [0.3, 0.4) is 0 Å². The van der Waals surface area contributed by atoms with Gasteiger partial charge in [0.15, 0.2) is 0 Å². The average molecular weight is 312 g/mol. The number of carbonyl (C=O) groups excluding carboxylic acids is 3. The number of carbonyl (C=O) groups is 3. The van der Waals surface area contributed by atoms with Crippen LogP contribution >= 0.6 is 12.6 Å². The Morgan fingerprint density at radius 3 is 2.71 bits per heavy atom. The lowest BCUT2D eigenvalue weighted by Gasteiger charge is -2.07. The van der Waals surface area contributed by atoms with Crippen LogP contribution in [-0.2, 0) is 14.3 Å². The van der Waals surface area contributed by atoms with Gasteiger partial charge in [-0.05, 0) is 18.2 Å². The van der Waals surface area contributed by atoms with E-state index in [1.165, 1.54) is 6.07 Å². The van der Waals surface area contributed by atoms with E-state index in [4.69, 9.17) is 5.11 Å². The van der Waals surface area contributed by atoms with Gasteiger partial charge in [0.1, 0.15) is 13.2 Å². The van der Waals surface area contributed by atoms with Crippen LogP contribution in [0, 0.1) is 0 Å². The Kier molecular flexibility index (Phi) is 7.27. The monoisotopic (exact) mass is 312 g/mol. The standard InChI is InChI=1S/C13H16N2O5S/c16-4-5-20-12(18)7-14-13(19)9-2-1-3-10(6-9)15-11(17)8-21/h1-3,6,16,21H,4-5,7-8H2,(H,14,19)(H,15,17). The molecule has 0 aliphatic heterocycles. The number of esters is 1. The van der Waals surface area contributed by atoms with Crippen molar-refractivity contribution in [3.8, 4) is 0 Å². The van der Waals surface area contributed by atoms with E-state index in [2.05, 4.69) is 28.0 Å². The molecule has 0 saturated heterocycles. The van der Waals surface area contributed by atoms with Crippen molar-refractivity contribution >= 4 is 36.1 Å². The van der Waals surface area contributed by atoms with Crippen LogP contribution in [0.5, 0.6) is 0 Å². The van der Waals surface area contributed by atoms with Crippen LogP contribution < -0.4 is 10.6 Å². The summed E-state index contributed by atoms with van der Waals surface area (Å²) >= 11 is 3.84. The Morgan fingerprint density at radius 2 is 2.05 bits per heavy atom. The van der Waals surface area contributed by atoms with E-state index >= 15 is 0 Å². The van der Waals surface area contributed by atoms with E-state index in [1.807, 2.05) is 0 Å². The number of aliphatic hydroxyl groups excluding tert-OH is 1. The highest BCUT2D eigenvalue weighted by molar-refractivity contribution is 7.81. The minimum atomic E-state index is -0.642. The van der Waals surface area contributed by atoms with E-state index in [-0.39, 0.29) is 31.4 Å². The highest BCUT2D eigenvalue weighted by atomic mass is 32.1. The molecule has 0 aromatic heterocycles. The van der Waals surface area contributed by atoms with Crippen molar-refractivity contribution in [2.75, 3.05) is 30.8 Å². The van der Waals surface area contributed by atoms with Gasteiger partial charge >= 0.3 is 5.97 Å². The van der Waals surface area contributed by atoms with E-state index in [1.54, 1.807) is 18.2 Å². The van der Waals surface area contributed by atoms with Gasteiger partial charge in [0.25, 0.3) is 5.91 Å². The molecule has 8 heteroatoms. The van der Waals surface area contributed by atoms with Gasteiger partial charge in [-0.1, -0.05) is 6.07 Å². The van der Waals surface area contributed by atoms with E-state index in [0.29, 0.717) is 11.3 Å². The number of aliphatic hydroxyl groups is 1. The maximum atomic E-state index is 11.8. The summed E-state index contributed by atoms with van der Waals surface area (Å²) < 4.78 is 4.60. The third kappa shape index (κ3) is 6.28. The van der Waals surface area contributed by atoms with Gasteiger partial charge in [-0.25, -0.2) is 0 Å². The summed E-state index contributed by atoms with van der Waals surface area (Å²) in [4.78, 5) is 34.2. The number of nitrogens with one attached hydrogen (secondary N) is 2. The van der Waals surface area contributed by atoms with Crippen LogP contribution in [0.1, 0.15) is 10.4 Å². The molecule has 7 nitrogen and oxygen atoms in total. The first-order valence-electron chi connectivity index (χ1n) is 6.12. The first-order valence-corrected chi connectivity index (χ1v) is 6.75. The van der Waals surface area contributed by atoms with E-state index in [9.17, 15) is 14.4 Å². The highest BCUT2D eigenvalue weighted by Crippen LogP contribution is 2.10.